The van der Waals surface area contributed by atoms with Crippen molar-refractivity contribution in [1.29, 1.82) is 0 Å². The van der Waals surface area contributed by atoms with Crippen LogP contribution in [0.25, 0.3) is 0 Å². The predicted molar refractivity (Wildman–Crippen MR) is 97.0 cm³/mol. The molecule has 1 amide bonds. The Balaban J connectivity index is 2.41. The van der Waals surface area contributed by atoms with E-state index < -0.39 is 11.9 Å². The van der Waals surface area contributed by atoms with E-state index in [0.29, 0.717) is 6.61 Å². The average Bonchev–Trinajstić information content (AvgIpc) is 2.55. The lowest BCUT2D eigenvalue weighted by atomic mass is 10.3. The number of ether oxygens (including phenoxy) is 2. The largest absolute Gasteiger partial charge is 0.494 e. The van der Waals surface area contributed by atoms with Crippen LogP contribution in [0.4, 0.5) is 5.69 Å². The molecule has 0 unspecified atom stereocenters. The van der Waals surface area contributed by atoms with Gasteiger partial charge in [0, 0.05) is 17.8 Å². The van der Waals surface area contributed by atoms with E-state index >= 15 is 0 Å². The summed E-state index contributed by atoms with van der Waals surface area (Å²) in [6.45, 7) is 4.73. The first kappa shape index (κ1) is 19.6. The van der Waals surface area contributed by atoms with Gasteiger partial charge in [-0.15, -0.1) is 0 Å². The number of thiocarbonyl (C=S) groups is 1. The van der Waals surface area contributed by atoms with Gasteiger partial charge in [0.15, 0.2) is 5.11 Å². The van der Waals surface area contributed by atoms with Crippen LogP contribution >= 0.6 is 12.2 Å². The van der Waals surface area contributed by atoms with E-state index in [-0.39, 0.29) is 11.7 Å². The average molecular weight is 350 g/mol. The molecule has 0 aliphatic heterocycles. The second kappa shape index (κ2) is 11.2. The van der Waals surface area contributed by atoms with Gasteiger partial charge in [0.2, 0.25) is 5.91 Å². The Bertz CT molecular complexity index is 585. The molecule has 0 fully saturated rings. The zero-order chi connectivity index (χ0) is 17.8. The third-order valence-electron chi connectivity index (χ3n) is 2.77. The molecule has 6 nitrogen and oxygen atoms in total. The molecule has 0 radical (unpaired) electrons. The van der Waals surface area contributed by atoms with Crippen molar-refractivity contribution in [3.63, 3.8) is 0 Å². The smallest absolute Gasteiger partial charge is 0.330 e. The Hall–Kier alpha value is -2.41. The zero-order valence-corrected chi connectivity index (χ0v) is 14.7. The molecule has 2 N–H and O–H groups in total. The van der Waals surface area contributed by atoms with Crippen molar-refractivity contribution >= 4 is 34.9 Å². The summed E-state index contributed by atoms with van der Waals surface area (Å²) in [7, 11) is 0. The zero-order valence-electron chi connectivity index (χ0n) is 13.8. The molecule has 0 aliphatic carbocycles. The van der Waals surface area contributed by atoms with Gasteiger partial charge in [-0.3, -0.25) is 10.1 Å². The number of unbranched alkanes of at least 4 members (excludes halogenated alkanes) is 1. The Labute approximate surface area is 147 Å². The number of amides is 1. The number of hydrogen-bond donors (Lipinski definition) is 2. The van der Waals surface area contributed by atoms with E-state index in [1.807, 2.05) is 12.1 Å². The number of rotatable bonds is 8. The highest BCUT2D eigenvalue weighted by Gasteiger charge is 2.03. The topological polar surface area (TPSA) is 76.7 Å². The summed E-state index contributed by atoms with van der Waals surface area (Å²) in [5.74, 6) is -0.313. The molecule has 130 valence electrons. The van der Waals surface area contributed by atoms with Gasteiger partial charge in [-0.05, 0) is 49.8 Å². The van der Waals surface area contributed by atoms with Crippen molar-refractivity contribution in [1.82, 2.24) is 5.32 Å². The SMILES string of the molecule is CCCCOc1ccc(NC(=S)NC(=O)C=CC(=O)OCC)cc1. The third kappa shape index (κ3) is 8.28. The summed E-state index contributed by atoms with van der Waals surface area (Å²) in [6, 6.07) is 7.24. The minimum absolute atomic E-state index is 0.133. The maximum atomic E-state index is 11.6. The highest BCUT2D eigenvalue weighted by molar-refractivity contribution is 7.80. The Morgan fingerprint density at radius 1 is 1.17 bits per heavy atom. The molecule has 0 spiro atoms. The van der Waals surface area contributed by atoms with Gasteiger partial charge in [-0.1, -0.05) is 13.3 Å². The number of benzene rings is 1. The van der Waals surface area contributed by atoms with Gasteiger partial charge in [-0.25, -0.2) is 4.79 Å². The van der Waals surface area contributed by atoms with Gasteiger partial charge in [-0.2, -0.15) is 0 Å². The van der Waals surface area contributed by atoms with E-state index in [2.05, 4.69) is 22.3 Å². The monoisotopic (exact) mass is 350 g/mol. The van der Waals surface area contributed by atoms with Crippen LogP contribution in [0.3, 0.4) is 0 Å². The molecule has 1 rings (SSSR count). The quantitative estimate of drug-likeness (QED) is 0.325. The first-order valence-corrected chi connectivity index (χ1v) is 8.15. The fourth-order valence-corrected chi connectivity index (χ4v) is 1.84. The van der Waals surface area contributed by atoms with Crippen molar-refractivity contribution < 1.29 is 19.1 Å². The Kier molecular flexibility index (Phi) is 9.14. The summed E-state index contributed by atoms with van der Waals surface area (Å²) in [5.41, 5.74) is 0.720. The fraction of sp³-hybridized carbons (Fsp3) is 0.353. The maximum Gasteiger partial charge on any atom is 0.330 e. The molecule has 1 aromatic carbocycles. The summed E-state index contributed by atoms with van der Waals surface area (Å²) >= 11 is 5.04. The van der Waals surface area contributed by atoms with E-state index in [9.17, 15) is 9.59 Å². The molecule has 0 heterocycles. The van der Waals surface area contributed by atoms with Gasteiger partial charge in [0.05, 0.1) is 13.2 Å². The summed E-state index contributed by atoms with van der Waals surface area (Å²) < 4.78 is 10.2. The minimum Gasteiger partial charge on any atom is -0.494 e. The molecule has 0 atom stereocenters. The highest BCUT2D eigenvalue weighted by atomic mass is 32.1. The summed E-state index contributed by atoms with van der Waals surface area (Å²) in [6.07, 6.45) is 4.20. The van der Waals surface area contributed by atoms with Crippen LogP contribution in [-0.4, -0.2) is 30.2 Å². The number of anilines is 1. The third-order valence-corrected chi connectivity index (χ3v) is 2.98. The lowest BCUT2D eigenvalue weighted by Gasteiger charge is -2.09. The lowest BCUT2D eigenvalue weighted by molar-refractivity contribution is -0.137. The van der Waals surface area contributed by atoms with Crippen LogP contribution in [0.2, 0.25) is 0 Å². The molecule has 7 heteroatoms. The summed E-state index contributed by atoms with van der Waals surface area (Å²) in [4.78, 5) is 22.7. The van der Waals surface area contributed by atoms with E-state index in [0.717, 1.165) is 36.4 Å². The molecule has 24 heavy (non-hydrogen) atoms. The normalized spacial score (nSPS) is 10.2. The van der Waals surface area contributed by atoms with Gasteiger partial charge in [0.25, 0.3) is 0 Å². The highest BCUT2D eigenvalue weighted by Crippen LogP contribution is 2.15. The Morgan fingerprint density at radius 2 is 1.88 bits per heavy atom. The second-order valence-corrected chi connectivity index (χ2v) is 5.16. The van der Waals surface area contributed by atoms with Crippen molar-refractivity contribution in [3.8, 4) is 5.75 Å². The van der Waals surface area contributed by atoms with Crippen LogP contribution in [-0.2, 0) is 14.3 Å². The van der Waals surface area contributed by atoms with E-state index in [1.54, 1.807) is 19.1 Å². The second-order valence-electron chi connectivity index (χ2n) is 4.76. The molecule has 0 saturated heterocycles. The Morgan fingerprint density at radius 3 is 2.50 bits per heavy atom. The van der Waals surface area contributed by atoms with Gasteiger partial charge in [0.1, 0.15) is 5.75 Å². The minimum atomic E-state index is -0.579. The van der Waals surface area contributed by atoms with E-state index in [4.69, 9.17) is 17.0 Å². The first-order chi connectivity index (χ1) is 11.5. The predicted octanol–water partition coefficient (Wildman–Crippen LogP) is 2.80. The van der Waals surface area contributed by atoms with Crippen LogP contribution in [0.15, 0.2) is 36.4 Å². The van der Waals surface area contributed by atoms with Crippen LogP contribution in [0.1, 0.15) is 26.7 Å². The fourth-order valence-electron chi connectivity index (χ4n) is 1.62. The van der Waals surface area contributed by atoms with Crippen molar-refractivity contribution in [2.75, 3.05) is 18.5 Å². The molecule has 0 aliphatic rings. The molecular weight excluding hydrogens is 328 g/mol. The van der Waals surface area contributed by atoms with Crippen molar-refractivity contribution in [2.45, 2.75) is 26.7 Å². The number of carbonyl (C=O) groups excluding carboxylic acids is 2. The number of nitrogens with one attached hydrogen (secondary N) is 2. The van der Waals surface area contributed by atoms with Crippen LogP contribution < -0.4 is 15.4 Å². The van der Waals surface area contributed by atoms with Crippen molar-refractivity contribution in [3.05, 3.63) is 36.4 Å². The molecular formula is C17H22N2O4S. The van der Waals surface area contributed by atoms with Crippen LogP contribution in [0.5, 0.6) is 5.75 Å². The molecule has 0 bridgehead atoms. The number of esters is 1. The molecule has 0 aromatic heterocycles. The maximum absolute atomic E-state index is 11.6. The van der Waals surface area contributed by atoms with Crippen molar-refractivity contribution in [2.24, 2.45) is 0 Å². The first-order valence-electron chi connectivity index (χ1n) is 7.74. The standard InChI is InChI=1S/C17H22N2O4S/c1-3-5-12-23-14-8-6-13(7-9-14)18-17(24)19-15(20)10-11-16(21)22-4-2/h6-11H,3-5,12H2,1-2H3,(H2,18,19,20,24). The van der Waals surface area contributed by atoms with Gasteiger partial charge < -0.3 is 14.8 Å². The summed E-state index contributed by atoms with van der Waals surface area (Å²) in [5, 5.41) is 5.44. The van der Waals surface area contributed by atoms with Crippen LogP contribution in [0, 0.1) is 0 Å². The molecule has 0 saturated carbocycles. The number of hydrogen-bond acceptors (Lipinski definition) is 5. The van der Waals surface area contributed by atoms with E-state index in [1.165, 1.54) is 0 Å². The molecule has 1 aromatic rings. The number of carbonyl (C=O) groups is 2. The van der Waals surface area contributed by atoms with Gasteiger partial charge >= 0.3 is 5.97 Å². The lowest BCUT2D eigenvalue weighted by Crippen LogP contribution is -2.32.